The normalized spacial score (nSPS) is 38.7. The molecule has 3 aliphatic heterocycles. The maximum absolute atomic E-state index is 13.9. The first-order valence-electron chi connectivity index (χ1n) is 21.3. The molecule has 1 spiro atoms. The largest absolute Gasteiger partial charge is 0.462 e. The van der Waals surface area contributed by atoms with Crippen molar-refractivity contribution in [2.45, 2.75) is 178 Å². The van der Waals surface area contributed by atoms with Crippen LogP contribution < -0.4 is 10.6 Å². The fraction of sp³-hybridized carbons (Fsp3) is 0.818. The summed E-state index contributed by atoms with van der Waals surface area (Å²) in [5.41, 5.74) is 2.37. The van der Waals surface area contributed by atoms with Crippen molar-refractivity contribution in [2.24, 2.45) is 40.5 Å². The van der Waals surface area contributed by atoms with Crippen LogP contribution in [0.1, 0.15) is 142 Å². The molecule has 11 atom stereocenters. The molecular weight excluding hydrogens is 666 g/mol. The molecule has 0 aromatic rings. The van der Waals surface area contributed by atoms with Gasteiger partial charge in [-0.1, -0.05) is 44.4 Å². The van der Waals surface area contributed by atoms with E-state index in [0.717, 1.165) is 96.4 Å². The summed E-state index contributed by atoms with van der Waals surface area (Å²) in [6, 6.07) is 0. The number of fused-ring (bicyclic) bond motifs is 2. The molecule has 53 heavy (non-hydrogen) atoms. The standard InChI is InChI=1S/C44H68N3O6/c1-4-30-10-12-39(53-29(2)48)26-38(50)21-32(31-11-13-41(51)42(24-31)52-3)14-18-44(16-5-6-17-44)47-43-25-34(15-19-46-43)40(33-8-7-9-37(49)22-33)23-36-28-45-27-35(36)20-30/h27-28,30-34,37,39-43,46-47,49,51H,4-13,15-17,19-26H2,1-3H3/q+1. The number of carbonyl (C=O) groups is 2. The first-order valence-corrected chi connectivity index (χ1v) is 21.3. The minimum absolute atomic E-state index is 0.0877. The van der Waals surface area contributed by atoms with E-state index in [1.165, 1.54) is 24.5 Å². The van der Waals surface area contributed by atoms with Crippen molar-refractivity contribution in [2.75, 3.05) is 13.7 Å². The van der Waals surface area contributed by atoms with Crippen molar-refractivity contribution in [3.8, 4) is 11.8 Å². The van der Waals surface area contributed by atoms with Gasteiger partial charge in [-0.25, -0.2) is 0 Å². The van der Waals surface area contributed by atoms with Crippen molar-refractivity contribution < 1.29 is 29.3 Å². The maximum Gasteiger partial charge on any atom is 0.302 e. The Labute approximate surface area is 319 Å². The summed E-state index contributed by atoms with van der Waals surface area (Å²) in [6.45, 7) is 6.73. The number of nitrogens with one attached hydrogen (secondary N) is 2. The molecular formula is C44H68N3O6+. The summed E-state index contributed by atoms with van der Waals surface area (Å²) < 4.78 is 11.5. The summed E-state index contributed by atoms with van der Waals surface area (Å²) in [5, 5.41) is 29.4. The molecule has 3 saturated carbocycles. The molecule has 9 nitrogen and oxygen atoms in total. The number of rotatable bonds is 5. The van der Waals surface area contributed by atoms with Crippen LogP contribution in [-0.4, -0.2) is 78.0 Å². The van der Waals surface area contributed by atoms with Gasteiger partial charge in [0.1, 0.15) is 24.0 Å². The molecule has 2 bridgehead atoms. The van der Waals surface area contributed by atoms with Gasteiger partial charge in [0.25, 0.3) is 0 Å². The van der Waals surface area contributed by atoms with Gasteiger partial charge in [-0.2, -0.15) is 0 Å². The Hall–Kier alpha value is -2.22. The summed E-state index contributed by atoms with van der Waals surface area (Å²) >= 11 is 0. The third-order valence-electron chi connectivity index (χ3n) is 14.0. The fourth-order valence-electron chi connectivity index (χ4n) is 10.9. The second-order valence-corrected chi connectivity index (χ2v) is 17.7. The highest BCUT2D eigenvalue weighted by molar-refractivity contribution is 5.84. The molecule has 0 radical (unpaired) electrons. The molecule has 4 N–H and O–H groups in total. The number of esters is 1. The lowest BCUT2D eigenvalue weighted by atomic mass is 9.67. The number of hydrogen-bond donors (Lipinski definition) is 4. The molecule has 4 fully saturated rings. The lowest BCUT2D eigenvalue weighted by molar-refractivity contribution is -0.148. The summed E-state index contributed by atoms with van der Waals surface area (Å²) in [4.78, 5) is 30.9. The molecule has 3 aliphatic carbocycles. The van der Waals surface area contributed by atoms with Crippen molar-refractivity contribution >= 4 is 18.0 Å². The van der Waals surface area contributed by atoms with Crippen molar-refractivity contribution in [3.05, 3.63) is 17.7 Å². The molecule has 6 rings (SSSR count). The van der Waals surface area contributed by atoms with Crippen LogP contribution in [-0.2, 0) is 19.1 Å². The molecule has 294 valence electrons. The summed E-state index contributed by atoms with van der Waals surface area (Å²) in [5.74, 6) is 9.13. The highest BCUT2D eigenvalue weighted by Gasteiger charge is 2.42. The van der Waals surface area contributed by atoms with Gasteiger partial charge in [-0.3, -0.25) is 14.9 Å². The minimum atomic E-state index is -0.499. The Morgan fingerprint density at radius 2 is 1.77 bits per heavy atom. The zero-order valence-corrected chi connectivity index (χ0v) is 32.8. The van der Waals surface area contributed by atoms with Gasteiger partial charge in [0.2, 0.25) is 0 Å². The van der Waals surface area contributed by atoms with Gasteiger partial charge < -0.3 is 25.0 Å². The van der Waals surface area contributed by atoms with Crippen molar-refractivity contribution in [1.82, 2.24) is 10.6 Å². The number of carbonyl (C=O) groups excluding carboxylic acids is 2. The number of hydrogen-bond acceptors (Lipinski definition) is 9. The molecule has 0 aromatic heterocycles. The predicted octanol–water partition coefficient (Wildman–Crippen LogP) is 6.60. The van der Waals surface area contributed by atoms with E-state index in [1.54, 1.807) is 7.11 Å². The highest BCUT2D eigenvalue weighted by atomic mass is 16.5. The monoisotopic (exact) mass is 735 g/mol. The van der Waals surface area contributed by atoms with Gasteiger partial charge in [0, 0.05) is 45.6 Å². The third kappa shape index (κ3) is 11.0. The number of aliphatic imine (C=N–C) groups is 1. The van der Waals surface area contributed by atoms with Gasteiger partial charge >= 0.3 is 5.97 Å². The smallest absolute Gasteiger partial charge is 0.302 e. The molecule has 1 saturated heterocycles. The average molecular weight is 735 g/mol. The second-order valence-electron chi connectivity index (χ2n) is 17.7. The van der Waals surface area contributed by atoms with E-state index < -0.39 is 12.2 Å². The Morgan fingerprint density at radius 3 is 2.53 bits per heavy atom. The van der Waals surface area contributed by atoms with Gasteiger partial charge in [-0.15, -0.1) is 4.99 Å². The number of nitrogens with zero attached hydrogens (tertiary/aromatic N) is 1. The lowest BCUT2D eigenvalue weighted by Gasteiger charge is -2.43. The zero-order valence-electron chi connectivity index (χ0n) is 32.8. The van der Waals surface area contributed by atoms with E-state index in [9.17, 15) is 19.8 Å². The molecule has 3 heterocycles. The Bertz CT molecular complexity index is 1360. The van der Waals surface area contributed by atoms with Crippen LogP contribution in [0.5, 0.6) is 0 Å². The molecule has 0 aromatic carbocycles. The zero-order chi connectivity index (χ0) is 37.4. The number of ether oxygens (including phenoxy) is 2. The van der Waals surface area contributed by atoms with Gasteiger partial charge in [0.15, 0.2) is 6.21 Å². The van der Waals surface area contributed by atoms with Crippen LogP contribution in [0, 0.1) is 53.9 Å². The number of piperidine rings is 1. The van der Waals surface area contributed by atoms with E-state index in [1.807, 2.05) is 0 Å². The predicted molar refractivity (Wildman–Crippen MR) is 208 cm³/mol. The fourth-order valence-corrected chi connectivity index (χ4v) is 10.9. The molecule has 11 unspecified atom stereocenters. The minimum Gasteiger partial charge on any atom is -0.462 e. The SMILES string of the molecule is CCC1CCC(OC(C)=O)CC(=O)CC(C2CCC(O)C(OC)C2)C#CC2(CCCC2)NC2CC(CCN2)C(C2CCCC(O)C2)CC2=C(C=N[CH+]2)C1. The quantitative estimate of drug-likeness (QED) is 0.141. The summed E-state index contributed by atoms with van der Waals surface area (Å²) in [7, 11) is 1.66. The van der Waals surface area contributed by atoms with Crippen molar-refractivity contribution in [1.29, 1.82) is 0 Å². The van der Waals surface area contributed by atoms with Crippen LogP contribution in [0.15, 0.2) is 16.1 Å². The van der Waals surface area contributed by atoms with E-state index >= 15 is 0 Å². The number of aliphatic hydroxyl groups excluding tert-OH is 2. The number of aliphatic hydroxyl groups is 2. The number of ketones is 1. The maximum atomic E-state index is 13.9. The topological polar surface area (TPSA) is 129 Å². The third-order valence-corrected chi connectivity index (χ3v) is 14.0. The molecule has 6 aliphatic rings. The van der Waals surface area contributed by atoms with Crippen LogP contribution in [0.2, 0.25) is 0 Å². The van der Waals surface area contributed by atoms with Gasteiger partial charge in [-0.05, 0) is 113 Å². The highest BCUT2D eigenvalue weighted by Crippen LogP contribution is 2.44. The van der Waals surface area contributed by atoms with E-state index in [4.69, 9.17) is 14.5 Å². The van der Waals surface area contributed by atoms with E-state index in [0.29, 0.717) is 49.4 Å². The Kier molecular flexibility index (Phi) is 14.6. The van der Waals surface area contributed by atoms with Crippen molar-refractivity contribution in [3.63, 3.8) is 0 Å². The van der Waals surface area contributed by atoms with Gasteiger partial charge in [0.05, 0.1) is 35.6 Å². The first-order chi connectivity index (χ1) is 25.6. The van der Waals surface area contributed by atoms with E-state index in [2.05, 4.69) is 42.2 Å². The first kappa shape index (κ1) is 40.4. The average Bonchev–Trinajstić information content (AvgIpc) is 3.79. The molecule has 9 heteroatoms. The Balaban J connectivity index is 1.33. The lowest BCUT2D eigenvalue weighted by Crippen LogP contribution is -2.57. The Morgan fingerprint density at radius 1 is 0.962 bits per heavy atom. The summed E-state index contributed by atoms with van der Waals surface area (Å²) in [6.07, 6.45) is 18.4. The van der Waals surface area contributed by atoms with Crippen LogP contribution >= 0.6 is 0 Å². The van der Waals surface area contributed by atoms with Crippen LogP contribution in [0.3, 0.4) is 0 Å². The number of Topliss-reactive ketones (excluding diaryl/α,β-unsaturated/α-hetero) is 1. The van der Waals surface area contributed by atoms with Crippen LogP contribution in [0.25, 0.3) is 0 Å². The molecule has 0 amide bonds. The van der Waals surface area contributed by atoms with E-state index in [-0.39, 0.29) is 53.9 Å². The van der Waals surface area contributed by atoms with Crippen LogP contribution in [0.4, 0.5) is 0 Å². The number of allylic oxidation sites excluding steroid dienone is 1. The second kappa shape index (κ2) is 19.1. The number of methoxy groups -OCH3 is 1.